The van der Waals surface area contributed by atoms with Crippen molar-refractivity contribution in [2.75, 3.05) is 14.2 Å². The van der Waals surface area contributed by atoms with Crippen LogP contribution in [0.3, 0.4) is 0 Å². The van der Waals surface area contributed by atoms with Crippen LogP contribution in [0.15, 0.2) is 23.8 Å². The average molecular weight is 248 g/mol. The zero-order valence-corrected chi connectivity index (χ0v) is 10.9. The first-order chi connectivity index (χ1) is 8.49. The molecule has 0 N–H and O–H groups in total. The normalized spacial score (nSPS) is 9.56. The minimum absolute atomic E-state index is 0.140. The summed E-state index contributed by atoms with van der Waals surface area (Å²) in [6.45, 7) is 2.72. The van der Waals surface area contributed by atoms with Crippen molar-refractivity contribution < 1.29 is 19.1 Å². The van der Waals surface area contributed by atoms with Gasteiger partial charge in [0.2, 0.25) is 0 Å². The Bertz CT molecular complexity index is 485. The van der Waals surface area contributed by atoms with Gasteiger partial charge in [0, 0.05) is 5.56 Å². The van der Waals surface area contributed by atoms with E-state index in [0.717, 1.165) is 0 Å². The third kappa shape index (κ3) is 3.20. The first-order valence-electron chi connectivity index (χ1n) is 5.45. The molecule has 0 bridgehead atoms. The first kappa shape index (κ1) is 14.0. The summed E-state index contributed by atoms with van der Waals surface area (Å²) in [5, 5.41) is 0. The van der Waals surface area contributed by atoms with E-state index in [1.807, 2.05) is 0 Å². The highest BCUT2D eigenvalue weighted by atomic mass is 16.5. The predicted octanol–water partition coefficient (Wildman–Crippen LogP) is 2.27. The van der Waals surface area contributed by atoms with Gasteiger partial charge in [-0.3, -0.25) is 9.59 Å². The molecule has 0 saturated carbocycles. The lowest BCUT2D eigenvalue weighted by atomic mass is 10.0. The summed E-state index contributed by atoms with van der Waals surface area (Å²) in [7, 11) is 3.08. The maximum atomic E-state index is 11.4. The fourth-order valence-corrected chi connectivity index (χ4v) is 1.56. The van der Waals surface area contributed by atoms with Crippen molar-refractivity contribution in [3.63, 3.8) is 0 Å². The molecular weight excluding hydrogens is 232 g/mol. The molecule has 0 radical (unpaired) electrons. The van der Waals surface area contributed by atoms with Crippen molar-refractivity contribution in [1.82, 2.24) is 0 Å². The number of carbonyl (C=O) groups excluding carboxylic acids is 2. The van der Waals surface area contributed by atoms with Gasteiger partial charge in [-0.05, 0) is 38.1 Å². The quantitative estimate of drug-likeness (QED) is 0.455. The molecule has 0 aromatic heterocycles. The van der Waals surface area contributed by atoms with Crippen LogP contribution >= 0.6 is 0 Å². The highest BCUT2D eigenvalue weighted by Crippen LogP contribution is 2.26. The number of rotatable bonds is 5. The van der Waals surface area contributed by atoms with Crippen LogP contribution in [0.4, 0.5) is 0 Å². The molecule has 0 aliphatic carbocycles. The maximum absolute atomic E-state index is 11.4. The van der Waals surface area contributed by atoms with Gasteiger partial charge in [-0.2, -0.15) is 0 Å². The molecule has 0 aliphatic heterocycles. The van der Waals surface area contributed by atoms with E-state index in [1.54, 1.807) is 25.3 Å². The Kier molecular flexibility index (Phi) is 4.66. The summed E-state index contributed by atoms with van der Waals surface area (Å²) in [5.74, 6) is 0.670. The van der Waals surface area contributed by atoms with Gasteiger partial charge in [-0.25, -0.2) is 0 Å². The molecule has 18 heavy (non-hydrogen) atoms. The number of methoxy groups -OCH3 is 2. The number of ketones is 2. The Morgan fingerprint density at radius 3 is 2.11 bits per heavy atom. The molecule has 0 saturated heterocycles. The lowest BCUT2D eigenvalue weighted by molar-refractivity contribution is -0.119. The fraction of sp³-hybridized carbons (Fsp3) is 0.286. The van der Waals surface area contributed by atoms with Gasteiger partial charge in [0.15, 0.2) is 11.6 Å². The summed E-state index contributed by atoms with van der Waals surface area (Å²) < 4.78 is 10.3. The van der Waals surface area contributed by atoms with Crippen LogP contribution in [0, 0.1) is 0 Å². The van der Waals surface area contributed by atoms with E-state index in [-0.39, 0.29) is 17.1 Å². The highest BCUT2D eigenvalue weighted by Gasteiger charge is 2.11. The molecule has 1 aromatic rings. The minimum atomic E-state index is -0.271. The van der Waals surface area contributed by atoms with Crippen LogP contribution < -0.4 is 9.47 Å². The number of Topliss-reactive ketones (excluding diaryl/α,β-unsaturated/α-hetero) is 2. The minimum Gasteiger partial charge on any atom is -0.497 e. The van der Waals surface area contributed by atoms with Crippen LogP contribution in [0.1, 0.15) is 19.4 Å². The smallest absolute Gasteiger partial charge is 0.163 e. The molecule has 0 amide bonds. The van der Waals surface area contributed by atoms with Crippen molar-refractivity contribution in [3.8, 4) is 11.5 Å². The number of ether oxygens (including phenoxy) is 2. The van der Waals surface area contributed by atoms with E-state index in [4.69, 9.17) is 9.47 Å². The van der Waals surface area contributed by atoms with Gasteiger partial charge in [0.05, 0.1) is 19.8 Å². The molecule has 96 valence electrons. The summed E-state index contributed by atoms with van der Waals surface area (Å²) in [6.07, 6.45) is 1.52. The van der Waals surface area contributed by atoms with E-state index in [9.17, 15) is 9.59 Å². The molecule has 4 nitrogen and oxygen atoms in total. The van der Waals surface area contributed by atoms with Crippen molar-refractivity contribution in [2.24, 2.45) is 0 Å². The van der Waals surface area contributed by atoms with Gasteiger partial charge in [0.1, 0.15) is 11.5 Å². The summed E-state index contributed by atoms with van der Waals surface area (Å²) in [5.41, 5.74) is 0.777. The summed E-state index contributed by atoms with van der Waals surface area (Å²) >= 11 is 0. The van der Waals surface area contributed by atoms with Crippen molar-refractivity contribution in [3.05, 3.63) is 29.3 Å². The number of carbonyl (C=O) groups is 2. The lowest BCUT2D eigenvalue weighted by Crippen LogP contribution is -2.06. The Balaban J connectivity index is 3.33. The van der Waals surface area contributed by atoms with Crippen molar-refractivity contribution in [2.45, 2.75) is 13.8 Å². The number of allylic oxidation sites excluding steroid dienone is 1. The largest absolute Gasteiger partial charge is 0.497 e. The third-order valence-corrected chi connectivity index (χ3v) is 2.50. The second-order valence-electron chi connectivity index (χ2n) is 3.78. The summed E-state index contributed by atoms with van der Waals surface area (Å²) in [6, 6.07) is 5.19. The Morgan fingerprint density at radius 2 is 1.67 bits per heavy atom. The SMILES string of the molecule is COc1ccc(OC)c(C=C(C(C)=O)C(C)=O)c1. The van der Waals surface area contributed by atoms with Crippen LogP contribution in [0.2, 0.25) is 0 Å². The fourth-order valence-electron chi connectivity index (χ4n) is 1.56. The Morgan fingerprint density at radius 1 is 1.06 bits per heavy atom. The van der Waals surface area contributed by atoms with E-state index < -0.39 is 0 Å². The highest BCUT2D eigenvalue weighted by molar-refractivity contribution is 6.21. The van der Waals surface area contributed by atoms with Crippen LogP contribution in [0.25, 0.3) is 6.08 Å². The molecule has 0 heterocycles. The zero-order valence-electron chi connectivity index (χ0n) is 10.9. The van der Waals surface area contributed by atoms with E-state index >= 15 is 0 Å². The number of hydrogen-bond acceptors (Lipinski definition) is 4. The van der Waals surface area contributed by atoms with Crippen LogP contribution in [0.5, 0.6) is 11.5 Å². The Hall–Kier alpha value is -2.10. The van der Waals surface area contributed by atoms with Gasteiger partial charge in [-0.1, -0.05) is 0 Å². The Labute approximate surface area is 106 Å². The monoisotopic (exact) mass is 248 g/mol. The van der Waals surface area contributed by atoms with E-state index in [1.165, 1.54) is 27.0 Å². The van der Waals surface area contributed by atoms with E-state index in [2.05, 4.69) is 0 Å². The van der Waals surface area contributed by atoms with E-state index in [0.29, 0.717) is 17.1 Å². The maximum Gasteiger partial charge on any atom is 0.163 e. The third-order valence-electron chi connectivity index (χ3n) is 2.50. The molecule has 0 spiro atoms. The first-order valence-corrected chi connectivity index (χ1v) is 5.45. The van der Waals surface area contributed by atoms with Gasteiger partial charge in [0.25, 0.3) is 0 Å². The molecule has 0 fully saturated rings. The summed E-state index contributed by atoms with van der Waals surface area (Å²) in [4.78, 5) is 22.8. The topological polar surface area (TPSA) is 52.6 Å². The van der Waals surface area contributed by atoms with Crippen molar-refractivity contribution >= 4 is 17.6 Å². The van der Waals surface area contributed by atoms with Crippen molar-refractivity contribution in [1.29, 1.82) is 0 Å². The lowest BCUT2D eigenvalue weighted by Gasteiger charge is -2.08. The molecule has 1 aromatic carbocycles. The number of benzene rings is 1. The predicted molar refractivity (Wildman–Crippen MR) is 68.9 cm³/mol. The molecule has 4 heteroatoms. The zero-order chi connectivity index (χ0) is 13.7. The average Bonchev–Trinajstić information content (AvgIpc) is 2.34. The van der Waals surface area contributed by atoms with Gasteiger partial charge < -0.3 is 9.47 Å². The molecular formula is C14H16O4. The molecule has 0 atom stereocenters. The second kappa shape index (κ2) is 6.00. The van der Waals surface area contributed by atoms with Gasteiger partial charge in [-0.15, -0.1) is 0 Å². The number of hydrogen-bond donors (Lipinski definition) is 0. The van der Waals surface area contributed by atoms with Crippen LogP contribution in [-0.4, -0.2) is 25.8 Å². The van der Waals surface area contributed by atoms with Gasteiger partial charge >= 0.3 is 0 Å². The second-order valence-corrected chi connectivity index (χ2v) is 3.78. The molecule has 1 rings (SSSR count). The molecule has 0 unspecified atom stereocenters. The molecule has 0 aliphatic rings. The standard InChI is InChI=1S/C14H16O4/c1-9(15)13(10(2)16)8-11-7-12(17-3)5-6-14(11)18-4/h5-8H,1-4H3. The van der Waals surface area contributed by atoms with Crippen LogP contribution in [-0.2, 0) is 9.59 Å².